The van der Waals surface area contributed by atoms with Crippen LogP contribution in [0.15, 0.2) is 47.4 Å². The van der Waals surface area contributed by atoms with Crippen molar-refractivity contribution in [2.45, 2.75) is 30.9 Å². The van der Waals surface area contributed by atoms with Crippen LogP contribution >= 0.6 is 0 Å². The highest BCUT2D eigenvalue weighted by atomic mass is 32.2. The van der Waals surface area contributed by atoms with Gasteiger partial charge in [0.05, 0.1) is 10.6 Å². The van der Waals surface area contributed by atoms with Crippen molar-refractivity contribution >= 4 is 21.6 Å². The maximum absolute atomic E-state index is 13.0. The Morgan fingerprint density at radius 2 is 1.92 bits per heavy atom. The lowest BCUT2D eigenvalue weighted by atomic mass is 10.0. The molecule has 2 aliphatic rings. The van der Waals surface area contributed by atoms with E-state index in [1.54, 1.807) is 13.0 Å². The van der Waals surface area contributed by atoms with Gasteiger partial charge in [0.15, 0.2) is 6.10 Å². The number of anilines is 1. The van der Waals surface area contributed by atoms with Gasteiger partial charge in [0, 0.05) is 13.1 Å². The molecule has 2 aromatic carbocycles. The van der Waals surface area contributed by atoms with Crippen molar-refractivity contribution in [3.8, 4) is 5.75 Å². The van der Waals surface area contributed by atoms with Crippen molar-refractivity contribution in [2.24, 2.45) is 0 Å². The summed E-state index contributed by atoms with van der Waals surface area (Å²) in [6.07, 6.45) is 0.103. The minimum absolute atomic E-state index is 0.157. The van der Waals surface area contributed by atoms with Crippen LogP contribution < -0.4 is 10.1 Å². The van der Waals surface area contributed by atoms with E-state index in [1.165, 1.54) is 22.0 Å². The number of rotatable bonds is 2. The Bertz CT molecular complexity index is 955. The number of ether oxygens (including phenoxy) is 1. The molecule has 25 heavy (non-hydrogen) atoms. The lowest BCUT2D eigenvalue weighted by Gasteiger charge is -2.29. The fourth-order valence-electron chi connectivity index (χ4n) is 3.17. The van der Waals surface area contributed by atoms with Crippen molar-refractivity contribution in [2.75, 3.05) is 11.9 Å². The maximum Gasteiger partial charge on any atom is 0.265 e. The van der Waals surface area contributed by atoms with Crippen molar-refractivity contribution in [1.82, 2.24) is 4.31 Å². The Morgan fingerprint density at radius 3 is 2.72 bits per heavy atom. The van der Waals surface area contributed by atoms with E-state index in [1.807, 2.05) is 24.3 Å². The van der Waals surface area contributed by atoms with Crippen LogP contribution in [0.25, 0.3) is 0 Å². The summed E-state index contributed by atoms with van der Waals surface area (Å²) in [6, 6.07) is 12.5. The van der Waals surface area contributed by atoms with Gasteiger partial charge in [-0.1, -0.05) is 24.3 Å². The Hall–Kier alpha value is -2.38. The molecule has 2 aliphatic heterocycles. The molecule has 1 atom stereocenters. The highest BCUT2D eigenvalue weighted by Crippen LogP contribution is 2.33. The summed E-state index contributed by atoms with van der Waals surface area (Å²) >= 11 is 0. The first kappa shape index (κ1) is 16.1. The molecule has 0 radical (unpaired) electrons. The van der Waals surface area contributed by atoms with Crippen LogP contribution in [0.2, 0.25) is 0 Å². The molecular weight excluding hydrogens is 340 g/mol. The minimum atomic E-state index is -3.64. The van der Waals surface area contributed by atoms with Gasteiger partial charge >= 0.3 is 0 Å². The Kier molecular flexibility index (Phi) is 3.77. The molecule has 0 aromatic heterocycles. The molecule has 1 N–H and O–H groups in total. The van der Waals surface area contributed by atoms with Crippen LogP contribution in [0.1, 0.15) is 18.1 Å². The van der Waals surface area contributed by atoms with E-state index in [-0.39, 0.29) is 10.8 Å². The Labute approximate surface area is 146 Å². The molecule has 4 rings (SSSR count). The topological polar surface area (TPSA) is 75.7 Å². The Balaban J connectivity index is 1.66. The van der Waals surface area contributed by atoms with Gasteiger partial charge in [-0.2, -0.15) is 4.31 Å². The number of nitrogens with one attached hydrogen (secondary N) is 1. The van der Waals surface area contributed by atoms with Crippen molar-refractivity contribution in [3.63, 3.8) is 0 Å². The fraction of sp³-hybridized carbons (Fsp3) is 0.278. The van der Waals surface area contributed by atoms with Gasteiger partial charge in [-0.25, -0.2) is 8.42 Å². The second-order valence-electron chi connectivity index (χ2n) is 6.26. The smallest absolute Gasteiger partial charge is 0.265 e. The molecule has 0 fully saturated rings. The lowest BCUT2D eigenvalue weighted by Crippen LogP contribution is -2.36. The average Bonchev–Trinajstić information content (AvgIpc) is 2.62. The van der Waals surface area contributed by atoms with Gasteiger partial charge in [0.2, 0.25) is 10.0 Å². The van der Waals surface area contributed by atoms with Crippen LogP contribution in [0.4, 0.5) is 5.69 Å². The van der Waals surface area contributed by atoms with Crippen molar-refractivity contribution in [3.05, 3.63) is 53.6 Å². The quantitative estimate of drug-likeness (QED) is 0.893. The van der Waals surface area contributed by atoms with Crippen LogP contribution in [0, 0.1) is 0 Å². The number of hydrogen-bond acceptors (Lipinski definition) is 4. The molecule has 0 bridgehead atoms. The van der Waals surface area contributed by atoms with Gasteiger partial charge in [-0.05, 0) is 42.7 Å². The molecule has 0 saturated heterocycles. The first-order valence-corrected chi connectivity index (χ1v) is 9.58. The molecule has 7 heteroatoms. The van der Waals surface area contributed by atoms with E-state index in [2.05, 4.69) is 5.32 Å². The molecule has 2 aromatic rings. The van der Waals surface area contributed by atoms with Gasteiger partial charge in [-0.15, -0.1) is 0 Å². The van der Waals surface area contributed by atoms with Gasteiger partial charge in [0.1, 0.15) is 5.75 Å². The third-order valence-corrected chi connectivity index (χ3v) is 6.46. The van der Waals surface area contributed by atoms with Crippen LogP contribution in [0.3, 0.4) is 0 Å². The monoisotopic (exact) mass is 358 g/mol. The number of hydrogen-bond donors (Lipinski definition) is 1. The lowest BCUT2D eigenvalue weighted by molar-refractivity contribution is -0.122. The van der Waals surface area contributed by atoms with E-state index in [9.17, 15) is 13.2 Å². The molecule has 0 spiro atoms. The third-order valence-electron chi connectivity index (χ3n) is 4.62. The van der Waals surface area contributed by atoms with Crippen molar-refractivity contribution in [1.29, 1.82) is 0 Å². The summed E-state index contributed by atoms with van der Waals surface area (Å²) in [7, 11) is -3.64. The number of fused-ring (bicyclic) bond motifs is 2. The molecule has 1 unspecified atom stereocenters. The fourth-order valence-corrected chi connectivity index (χ4v) is 4.62. The summed E-state index contributed by atoms with van der Waals surface area (Å²) in [5.74, 6) is 0.198. The van der Waals surface area contributed by atoms with E-state index < -0.39 is 16.1 Å². The van der Waals surface area contributed by atoms with Gasteiger partial charge in [-0.3, -0.25) is 4.79 Å². The molecule has 0 aliphatic carbocycles. The number of sulfonamides is 1. The average molecular weight is 358 g/mol. The number of carbonyl (C=O) groups is 1. The van der Waals surface area contributed by atoms with E-state index in [4.69, 9.17) is 4.74 Å². The highest BCUT2D eigenvalue weighted by molar-refractivity contribution is 7.89. The number of amides is 1. The highest BCUT2D eigenvalue weighted by Gasteiger charge is 2.30. The maximum atomic E-state index is 13.0. The minimum Gasteiger partial charge on any atom is -0.479 e. The van der Waals surface area contributed by atoms with E-state index >= 15 is 0 Å². The van der Waals surface area contributed by atoms with Crippen LogP contribution in [-0.2, 0) is 27.8 Å². The summed E-state index contributed by atoms with van der Waals surface area (Å²) in [5.41, 5.74) is 2.61. The predicted octanol–water partition coefficient (Wildman–Crippen LogP) is 2.15. The zero-order chi connectivity index (χ0) is 17.6. The third kappa shape index (κ3) is 2.79. The molecule has 1 amide bonds. The Morgan fingerprint density at radius 1 is 1.16 bits per heavy atom. The van der Waals surface area contributed by atoms with Crippen LogP contribution in [-0.4, -0.2) is 31.3 Å². The molecule has 2 heterocycles. The van der Waals surface area contributed by atoms with Crippen LogP contribution in [0.5, 0.6) is 5.75 Å². The largest absolute Gasteiger partial charge is 0.479 e. The summed E-state index contributed by atoms with van der Waals surface area (Å²) in [6.45, 7) is 2.44. The zero-order valence-electron chi connectivity index (χ0n) is 13.7. The van der Waals surface area contributed by atoms with Crippen molar-refractivity contribution < 1.29 is 17.9 Å². The SMILES string of the molecule is CC1Oc2ccc(S(=O)(=O)N3CCc4ccccc4C3)cc2NC1=O. The normalized spacial score (nSPS) is 20.2. The number of nitrogens with zero attached hydrogens (tertiary/aromatic N) is 1. The summed E-state index contributed by atoms with van der Waals surface area (Å²) in [4.78, 5) is 11.9. The predicted molar refractivity (Wildman–Crippen MR) is 92.9 cm³/mol. The summed E-state index contributed by atoms with van der Waals surface area (Å²) < 4.78 is 33.0. The second-order valence-corrected chi connectivity index (χ2v) is 8.20. The standard InChI is InChI=1S/C18H18N2O4S/c1-12-18(21)19-16-10-15(6-7-17(16)24-12)25(22,23)20-9-8-13-4-2-3-5-14(13)11-20/h2-7,10,12H,8-9,11H2,1H3,(H,19,21). The molecular formula is C18H18N2O4S. The number of carbonyl (C=O) groups excluding carboxylic acids is 1. The van der Waals surface area contributed by atoms with E-state index in [0.29, 0.717) is 30.9 Å². The molecule has 0 saturated carbocycles. The summed E-state index contributed by atoms with van der Waals surface area (Å²) in [5, 5.41) is 2.69. The molecule has 130 valence electrons. The molecule has 6 nitrogen and oxygen atoms in total. The van der Waals surface area contributed by atoms with E-state index in [0.717, 1.165) is 5.56 Å². The first-order chi connectivity index (χ1) is 11.9. The number of benzene rings is 2. The first-order valence-electron chi connectivity index (χ1n) is 8.13. The van der Waals surface area contributed by atoms with Gasteiger partial charge in [0.25, 0.3) is 5.91 Å². The second kappa shape index (κ2) is 5.86. The van der Waals surface area contributed by atoms with Gasteiger partial charge < -0.3 is 10.1 Å². The zero-order valence-corrected chi connectivity index (χ0v) is 14.5.